The molecule has 0 bridgehead atoms. The van der Waals surface area contributed by atoms with E-state index in [9.17, 15) is 20.0 Å². The summed E-state index contributed by atoms with van der Waals surface area (Å²) in [5.41, 5.74) is 2.10. The highest BCUT2D eigenvalue weighted by molar-refractivity contribution is 6.01. The smallest absolute Gasteiger partial charge is 0.323 e. The van der Waals surface area contributed by atoms with Gasteiger partial charge in [-0.3, -0.25) is 10.1 Å². The number of carbonyl (C=O) groups excluding carboxylic acids is 1. The van der Waals surface area contributed by atoms with Crippen LogP contribution < -0.4 is 10.6 Å². The number of hydrogen-bond acceptors (Lipinski definition) is 4. The van der Waals surface area contributed by atoms with Crippen molar-refractivity contribution in [3.8, 4) is 16.9 Å². The molecule has 0 unspecified atom stereocenters. The van der Waals surface area contributed by atoms with Crippen LogP contribution in [0.4, 0.5) is 21.9 Å². The first-order valence-electron chi connectivity index (χ1n) is 7.74. The molecule has 7 nitrogen and oxygen atoms in total. The number of para-hydroxylation sites is 1. The van der Waals surface area contributed by atoms with Gasteiger partial charge in [0.15, 0.2) is 0 Å². The molecule has 0 aromatic heterocycles. The van der Waals surface area contributed by atoms with Crippen molar-refractivity contribution in [3.05, 3.63) is 82.9 Å². The number of nitro groups is 1. The van der Waals surface area contributed by atoms with Gasteiger partial charge < -0.3 is 15.7 Å². The number of nitro benzene ring substituents is 1. The zero-order chi connectivity index (χ0) is 18.5. The Morgan fingerprint density at radius 1 is 0.846 bits per heavy atom. The van der Waals surface area contributed by atoms with E-state index in [0.717, 1.165) is 17.2 Å². The molecule has 0 saturated carbocycles. The number of nitrogens with zero attached hydrogens (tertiary/aromatic N) is 1. The molecule has 3 aromatic carbocycles. The monoisotopic (exact) mass is 349 g/mol. The first kappa shape index (κ1) is 17.0. The van der Waals surface area contributed by atoms with Gasteiger partial charge in [0, 0.05) is 11.8 Å². The first-order valence-corrected chi connectivity index (χ1v) is 7.74. The van der Waals surface area contributed by atoms with Crippen LogP contribution in [0.2, 0.25) is 0 Å². The van der Waals surface area contributed by atoms with E-state index < -0.39 is 22.4 Å². The highest BCUT2D eigenvalue weighted by atomic mass is 16.6. The number of anilines is 2. The van der Waals surface area contributed by atoms with E-state index in [1.165, 1.54) is 12.1 Å². The Bertz CT molecular complexity index is 941. The lowest BCUT2D eigenvalue weighted by atomic mass is 10.1. The van der Waals surface area contributed by atoms with E-state index in [1.807, 2.05) is 42.5 Å². The van der Waals surface area contributed by atoms with Gasteiger partial charge in [-0.15, -0.1) is 0 Å². The predicted molar refractivity (Wildman–Crippen MR) is 99.3 cm³/mol. The molecule has 0 aliphatic carbocycles. The van der Waals surface area contributed by atoms with Crippen molar-refractivity contribution in [2.24, 2.45) is 0 Å². The Morgan fingerprint density at radius 2 is 1.50 bits per heavy atom. The third kappa shape index (κ3) is 3.78. The number of carbonyl (C=O) groups is 1. The molecule has 0 aliphatic rings. The van der Waals surface area contributed by atoms with Crippen molar-refractivity contribution in [2.75, 3.05) is 10.6 Å². The Balaban J connectivity index is 1.69. The highest BCUT2D eigenvalue weighted by Gasteiger charge is 2.17. The average molecular weight is 349 g/mol. The quantitative estimate of drug-likeness (QED) is 0.363. The number of rotatable bonds is 4. The lowest BCUT2D eigenvalue weighted by Crippen LogP contribution is -2.19. The summed E-state index contributed by atoms with van der Waals surface area (Å²) in [6.45, 7) is 0. The molecule has 2 amide bonds. The fourth-order valence-corrected chi connectivity index (χ4v) is 2.44. The Hall–Kier alpha value is -3.87. The van der Waals surface area contributed by atoms with Crippen molar-refractivity contribution in [2.45, 2.75) is 0 Å². The molecule has 0 atom stereocenters. The van der Waals surface area contributed by atoms with Crippen molar-refractivity contribution >= 4 is 23.1 Å². The van der Waals surface area contributed by atoms with Gasteiger partial charge in [0.25, 0.3) is 0 Å². The number of urea groups is 1. The maximum atomic E-state index is 12.1. The Kier molecular flexibility index (Phi) is 4.80. The van der Waals surface area contributed by atoms with E-state index in [-0.39, 0.29) is 5.69 Å². The van der Waals surface area contributed by atoms with Crippen LogP contribution in [0.3, 0.4) is 0 Å². The second-order valence-electron chi connectivity index (χ2n) is 5.45. The third-order valence-corrected chi connectivity index (χ3v) is 3.71. The summed E-state index contributed by atoms with van der Waals surface area (Å²) in [5.74, 6) is -0.591. The van der Waals surface area contributed by atoms with Gasteiger partial charge in [-0.2, -0.15) is 0 Å². The first-order chi connectivity index (χ1) is 12.5. The predicted octanol–water partition coefficient (Wildman–Crippen LogP) is 4.61. The second kappa shape index (κ2) is 7.35. The molecule has 0 heterocycles. The van der Waals surface area contributed by atoms with Gasteiger partial charge >= 0.3 is 11.7 Å². The number of phenolic OH excluding ortho intramolecular Hbond substituents is 1. The number of aromatic hydroxyl groups is 1. The zero-order valence-corrected chi connectivity index (χ0v) is 13.5. The Labute approximate surface area is 149 Å². The SMILES string of the molecule is O=C(Nc1ccc(-c2ccccc2)cc1)Nc1cccc([N+](=O)[O-])c1O. The summed E-state index contributed by atoms with van der Waals surface area (Å²) < 4.78 is 0. The van der Waals surface area contributed by atoms with Gasteiger partial charge in [-0.1, -0.05) is 48.5 Å². The summed E-state index contributed by atoms with van der Waals surface area (Å²) in [6, 6.07) is 20.3. The maximum absolute atomic E-state index is 12.1. The van der Waals surface area contributed by atoms with Crippen LogP contribution in [0.25, 0.3) is 11.1 Å². The molecule has 0 fully saturated rings. The van der Waals surface area contributed by atoms with E-state index >= 15 is 0 Å². The molecule has 0 aliphatic heterocycles. The number of amides is 2. The van der Waals surface area contributed by atoms with E-state index in [1.54, 1.807) is 12.1 Å². The van der Waals surface area contributed by atoms with Gasteiger partial charge in [-0.25, -0.2) is 4.79 Å². The summed E-state index contributed by atoms with van der Waals surface area (Å²) in [7, 11) is 0. The maximum Gasteiger partial charge on any atom is 0.323 e. The lowest BCUT2D eigenvalue weighted by molar-refractivity contribution is -0.385. The largest absolute Gasteiger partial charge is 0.501 e. The van der Waals surface area contributed by atoms with Crippen LogP contribution in [-0.2, 0) is 0 Å². The van der Waals surface area contributed by atoms with Crippen LogP contribution >= 0.6 is 0 Å². The summed E-state index contributed by atoms with van der Waals surface area (Å²) >= 11 is 0. The van der Waals surface area contributed by atoms with Crippen molar-refractivity contribution in [1.29, 1.82) is 0 Å². The van der Waals surface area contributed by atoms with E-state index in [2.05, 4.69) is 10.6 Å². The fourth-order valence-electron chi connectivity index (χ4n) is 2.44. The van der Waals surface area contributed by atoms with Crippen LogP contribution in [0.5, 0.6) is 5.75 Å². The second-order valence-corrected chi connectivity index (χ2v) is 5.45. The molecular formula is C19H15N3O4. The third-order valence-electron chi connectivity index (χ3n) is 3.71. The van der Waals surface area contributed by atoms with Crippen LogP contribution in [0, 0.1) is 10.1 Å². The standard InChI is InChI=1S/C19H15N3O4/c23-18-16(7-4-8-17(18)22(25)26)21-19(24)20-15-11-9-14(10-12-15)13-5-2-1-3-6-13/h1-12,23H,(H2,20,21,24). The average Bonchev–Trinajstić information content (AvgIpc) is 2.64. The summed E-state index contributed by atoms with van der Waals surface area (Å²) in [4.78, 5) is 22.2. The molecular weight excluding hydrogens is 334 g/mol. The lowest BCUT2D eigenvalue weighted by Gasteiger charge is -2.10. The van der Waals surface area contributed by atoms with Crippen molar-refractivity contribution < 1.29 is 14.8 Å². The normalized spacial score (nSPS) is 10.2. The molecule has 7 heteroatoms. The molecule has 0 saturated heterocycles. The van der Waals surface area contributed by atoms with E-state index in [0.29, 0.717) is 5.69 Å². The van der Waals surface area contributed by atoms with Crippen LogP contribution in [0.1, 0.15) is 0 Å². The van der Waals surface area contributed by atoms with Gasteiger partial charge in [-0.05, 0) is 29.3 Å². The van der Waals surface area contributed by atoms with Crippen molar-refractivity contribution in [1.82, 2.24) is 0 Å². The van der Waals surface area contributed by atoms with Crippen molar-refractivity contribution in [3.63, 3.8) is 0 Å². The minimum absolute atomic E-state index is 0.0439. The molecule has 130 valence electrons. The molecule has 26 heavy (non-hydrogen) atoms. The van der Waals surface area contributed by atoms with Gasteiger partial charge in [0.05, 0.1) is 10.6 Å². The fraction of sp³-hybridized carbons (Fsp3) is 0. The Morgan fingerprint density at radius 3 is 2.15 bits per heavy atom. The molecule has 3 rings (SSSR count). The zero-order valence-electron chi connectivity index (χ0n) is 13.5. The summed E-state index contributed by atoms with van der Waals surface area (Å²) in [6.07, 6.45) is 0. The van der Waals surface area contributed by atoms with Crippen LogP contribution in [0.15, 0.2) is 72.8 Å². The van der Waals surface area contributed by atoms with Crippen LogP contribution in [-0.4, -0.2) is 16.1 Å². The number of phenols is 1. The number of benzene rings is 3. The highest BCUT2D eigenvalue weighted by Crippen LogP contribution is 2.33. The summed E-state index contributed by atoms with van der Waals surface area (Å²) in [5, 5.41) is 25.7. The molecule has 0 spiro atoms. The van der Waals surface area contributed by atoms with Gasteiger partial charge in [0.2, 0.25) is 5.75 Å². The number of hydrogen-bond donors (Lipinski definition) is 3. The van der Waals surface area contributed by atoms with E-state index in [4.69, 9.17) is 0 Å². The minimum Gasteiger partial charge on any atom is -0.501 e. The minimum atomic E-state index is -0.722. The van der Waals surface area contributed by atoms with Gasteiger partial charge in [0.1, 0.15) is 0 Å². The number of nitrogens with one attached hydrogen (secondary N) is 2. The molecule has 0 radical (unpaired) electrons. The molecule has 3 N–H and O–H groups in total. The molecule has 3 aromatic rings. The topological polar surface area (TPSA) is 104 Å².